The van der Waals surface area contributed by atoms with E-state index in [-0.39, 0.29) is 11.9 Å². The van der Waals surface area contributed by atoms with E-state index >= 15 is 0 Å². The smallest absolute Gasteiger partial charge is 0.252 e. The van der Waals surface area contributed by atoms with Crippen molar-refractivity contribution in [3.8, 4) is 5.75 Å². The van der Waals surface area contributed by atoms with Crippen LogP contribution in [0.5, 0.6) is 5.75 Å². The lowest BCUT2D eigenvalue weighted by atomic mass is 9.95. The lowest BCUT2D eigenvalue weighted by molar-refractivity contribution is 0.0911. The average Bonchev–Trinajstić information content (AvgIpc) is 2.70. The first-order valence-electron chi connectivity index (χ1n) is 9.50. The number of piperidine rings is 1. The highest BCUT2D eigenvalue weighted by Crippen LogP contribution is 2.32. The molecular formula is C22H27ClN2O2. The van der Waals surface area contributed by atoms with Crippen LogP contribution in [0, 0.1) is 5.92 Å². The molecule has 1 N–H and O–H groups in total. The minimum absolute atomic E-state index is 0.0695. The lowest BCUT2D eigenvalue weighted by Gasteiger charge is -2.37. The molecule has 1 aliphatic rings. The molecule has 2 aromatic carbocycles. The Bertz CT molecular complexity index is 772. The van der Waals surface area contributed by atoms with Crippen molar-refractivity contribution in [2.24, 2.45) is 5.92 Å². The molecule has 0 spiro atoms. The van der Waals surface area contributed by atoms with Crippen LogP contribution in [-0.2, 0) is 0 Å². The third kappa shape index (κ3) is 4.82. The topological polar surface area (TPSA) is 41.6 Å². The Kier molecular flexibility index (Phi) is 6.75. The number of methoxy groups -OCH3 is 1. The van der Waals surface area contributed by atoms with Gasteiger partial charge in [0.2, 0.25) is 0 Å². The summed E-state index contributed by atoms with van der Waals surface area (Å²) < 4.78 is 5.59. The maximum absolute atomic E-state index is 12.6. The van der Waals surface area contributed by atoms with Gasteiger partial charge < -0.3 is 10.1 Å². The van der Waals surface area contributed by atoms with Gasteiger partial charge in [0.25, 0.3) is 5.91 Å². The molecule has 4 nitrogen and oxygen atoms in total. The Balaban J connectivity index is 1.80. The van der Waals surface area contributed by atoms with Crippen LogP contribution in [0.25, 0.3) is 0 Å². The molecule has 144 valence electrons. The molecule has 0 saturated carbocycles. The third-order valence-corrected chi connectivity index (χ3v) is 5.66. The van der Waals surface area contributed by atoms with Crippen LogP contribution in [0.1, 0.15) is 41.7 Å². The number of ether oxygens (including phenoxy) is 1. The van der Waals surface area contributed by atoms with Crippen LogP contribution in [-0.4, -0.2) is 37.6 Å². The summed E-state index contributed by atoms with van der Waals surface area (Å²) in [6.45, 7) is 4.85. The van der Waals surface area contributed by atoms with Crippen LogP contribution in [0.3, 0.4) is 0 Å². The number of nitrogens with zero attached hydrogens (tertiary/aromatic N) is 1. The number of nitrogens with one attached hydrogen (secondary N) is 1. The van der Waals surface area contributed by atoms with Crippen molar-refractivity contribution in [3.63, 3.8) is 0 Å². The Morgan fingerprint density at radius 2 is 1.85 bits per heavy atom. The van der Waals surface area contributed by atoms with E-state index < -0.39 is 0 Å². The fourth-order valence-corrected chi connectivity index (χ4v) is 3.87. The summed E-state index contributed by atoms with van der Waals surface area (Å²) in [6, 6.07) is 15.3. The molecule has 5 heteroatoms. The monoisotopic (exact) mass is 386 g/mol. The van der Waals surface area contributed by atoms with Gasteiger partial charge in [0, 0.05) is 12.1 Å². The quantitative estimate of drug-likeness (QED) is 0.791. The molecular weight excluding hydrogens is 360 g/mol. The predicted molar refractivity (Wildman–Crippen MR) is 109 cm³/mol. The Labute approximate surface area is 166 Å². The van der Waals surface area contributed by atoms with E-state index in [1.807, 2.05) is 30.3 Å². The molecule has 1 saturated heterocycles. The molecule has 1 aliphatic heterocycles. The first kappa shape index (κ1) is 19.7. The van der Waals surface area contributed by atoms with E-state index in [0.29, 0.717) is 17.1 Å². The van der Waals surface area contributed by atoms with Crippen molar-refractivity contribution in [3.05, 3.63) is 64.7 Å². The number of para-hydroxylation sites is 1. The molecule has 0 aliphatic carbocycles. The molecule has 0 aromatic heterocycles. The van der Waals surface area contributed by atoms with Crippen molar-refractivity contribution < 1.29 is 9.53 Å². The summed E-state index contributed by atoms with van der Waals surface area (Å²) in [5.74, 6) is 1.45. The van der Waals surface area contributed by atoms with Gasteiger partial charge in [0.05, 0.1) is 23.7 Å². The number of benzene rings is 2. The van der Waals surface area contributed by atoms with Crippen molar-refractivity contribution >= 4 is 17.5 Å². The van der Waals surface area contributed by atoms with Crippen LogP contribution in [0.4, 0.5) is 0 Å². The van der Waals surface area contributed by atoms with E-state index in [0.717, 1.165) is 30.3 Å². The third-order valence-electron chi connectivity index (χ3n) is 5.33. The maximum atomic E-state index is 12.6. The SMILES string of the molecule is COc1ccccc1C(CNC(=O)c1ccccc1Cl)N1CCC(C)CC1. The predicted octanol–water partition coefficient (Wildman–Crippen LogP) is 4.55. The summed E-state index contributed by atoms with van der Waals surface area (Å²) >= 11 is 6.17. The van der Waals surface area contributed by atoms with Crippen LogP contribution < -0.4 is 10.1 Å². The Morgan fingerprint density at radius 1 is 1.19 bits per heavy atom. The molecule has 27 heavy (non-hydrogen) atoms. The number of likely N-dealkylation sites (tertiary alicyclic amines) is 1. The molecule has 1 atom stereocenters. The number of rotatable bonds is 6. The molecule has 1 fully saturated rings. The zero-order valence-corrected chi connectivity index (χ0v) is 16.7. The highest BCUT2D eigenvalue weighted by atomic mass is 35.5. The fourth-order valence-electron chi connectivity index (χ4n) is 3.65. The molecule has 1 amide bonds. The number of carbonyl (C=O) groups excluding carboxylic acids is 1. The zero-order valence-electron chi connectivity index (χ0n) is 16.0. The van der Waals surface area contributed by atoms with Gasteiger partial charge in [-0.2, -0.15) is 0 Å². The van der Waals surface area contributed by atoms with Crippen LogP contribution >= 0.6 is 11.6 Å². The number of amides is 1. The van der Waals surface area contributed by atoms with Gasteiger partial charge in [-0.15, -0.1) is 0 Å². The summed E-state index contributed by atoms with van der Waals surface area (Å²) in [4.78, 5) is 15.1. The molecule has 1 unspecified atom stereocenters. The Hall–Kier alpha value is -2.04. The zero-order chi connectivity index (χ0) is 19.2. The van der Waals surface area contributed by atoms with E-state index in [1.54, 1.807) is 19.2 Å². The second-order valence-electron chi connectivity index (χ2n) is 7.17. The first-order chi connectivity index (χ1) is 13.1. The molecule has 3 rings (SSSR count). The minimum Gasteiger partial charge on any atom is -0.496 e. The second-order valence-corrected chi connectivity index (χ2v) is 7.57. The molecule has 2 aromatic rings. The average molecular weight is 387 g/mol. The largest absolute Gasteiger partial charge is 0.496 e. The second kappa shape index (κ2) is 9.25. The summed E-state index contributed by atoms with van der Waals surface area (Å²) in [7, 11) is 1.69. The van der Waals surface area contributed by atoms with Crippen molar-refractivity contribution in [1.29, 1.82) is 0 Å². The summed E-state index contributed by atoms with van der Waals surface area (Å²) in [5, 5.41) is 3.55. The summed E-state index contributed by atoms with van der Waals surface area (Å²) in [5.41, 5.74) is 1.61. The number of hydrogen-bond donors (Lipinski definition) is 1. The summed E-state index contributed by atoms with van der Waals surface area (Å²) in [6.07, 6.45) is 2.34. The number of halogens is 1. The van der Waals surface area contributed by atoms with Gasteiger partial charge in [-0.3, -0.25) is 9.69 Å². The molecule has 1 heterocycles. The van der Waals surface area contributed by atoms with E-state index in [2.05, 4.69) is 23.2 Å². The van der Waals surface area contributed by atoms with Gasteiger partial charge in [0.15, 0.2) is 0 Å². The van der Waals surface area contributed by atoms with E-state index in [4.69, 9.17) is 16.3 Å². The van der Waals surface area contributed by atoms with Gasteiger partial charge in [-0.1, -0.05) is 48.9 Å². The van der Waals surface area contributed by atoms with Crippen molar-refractivity contribution in [1.82, 2.24) is 10.2 Å². The number of hydrogen-bond acceptors (Lipinski definition) is 3. The van der Waals surface area contributed by atoms with E-state index in [1.165, 1.54) is 12.8 Å². The van der Waals surface area contributed by atoms with E-state index in [9.17, 15) is 4.79 Å². The van der Waals surface area contributed by atoms with Crippen molar-refractivity contribution in [2.45, 2.75) is 25.8 Å². The normalized spacial score (nSPS) is 16.7. The van der Waals surface area contributed by atoms with Crippen LogP contribution in [0.15, 0.2) is 48.5 Å². The van der Waals surface area contributed by atoms with Gasteiger partial charge in [-0.25, -0.2) is 0 Å². The maximum Gasteiger partial charge on any atom is 0.252 e. The fraction of sp³-hybridized carbons (Fsp3) is 0.409. The standard InChI is InChI=1S/C22H27ClN2O2/c1-16-11-13-25(14-12-16)20(18-8-4-6-10-21(18)27-2)15-24-22(26)17-7-3-5-9-19(17)23/h3-10,16,20H,11-15H2,1-2H3,(H,24,26). The van der Waals surface area contributed by atoms with Gasteiger partial charge in [-0.05, 0) is 50.0 Å². The highest BCUT2D eigenvalue weighted by Gasteiger charge is 2.27. The lowest BCUT2D eigenvalue weighted by Crippen LogP contribution is -2.42. The Morgan fingerprint density at radius 3 is 2.56 bits per heavy atom. The molecule has 0 radical (unpaired) electrons. The van der Waals surface area contributed by atoms with Gasteiger partial charge in [0.1, 0.15) is 5.75 Å². The minimum atomic E-state index is -0.147. The number of carbonyl (C=O) groups is 1. The van der Waals surface area contributed by atoms with Crippen LogP contribution in [0.2, 0.25) is 5.02 Å². The first-order valence-corrected chi connectivity index (χ1v) is 9.87. The van der Waals surface area contributed by atoms with Gasteiger partial charge >= 0.3 is 0 Å². The molecule has 0 bridgehead atoms. The van der Waals surface area contributed by atoms with Crippen molar-refractivity contribution in [2.75, 3.05) is 26.7 Å². The highest BCUT2D eigenvalue weighted by molar-refractivity contribution is 6.33.